The summed E-state index contributed by atoms with van der Waals surface area (Å²) in [6.45, 7) is 0. The van der Waals surface area contributed by atoms with E-state index >= 15 is 0 Å². The van der Waals surface area contributed by atoms with Crippen LogP contribution in [0, 0.1) is 5.82 Å². The molecule has 0 atom stereocenters. The first-order chi connectivity index (χ1) is 7.93. The summed E-state index contributed by atoms with van der Waals surface area (Å²) in [4.78, 5) is 9.81. The predicted molar refractivity (Wildman–Crippen MR) is 59.0 cm³/mol. The second-order valence-corrected chi connectivity index (χ2v) is 5.27. The Bertz CT molecular complexity index is 656. The van der Waals surface area contributed by atoms with Crippen LogP contribution in [-0.4, -0.2) is 19.5 Å². The summed E-state index contributed by atoms with van der Waals surface area (Å²) >= 11 is 0. The van der Waals surface area contributed by atoms with E-state index < -0.39 is 26.5 Å². The summed E-state index contributed by atoms with van der Waals surface area (Å²) in [5.41, 5.74) is 0.137. The van der Waals surface area contributed by atoms with Gasteiger partial charge in [-0.3, -0.25) is 0 Å². The summed E-state index contributed by atoms with van der Waals surface area (Å²) in [7, 11) is -4.04. The molecule has 2 rings (SSSR count). The first-order valence-corrected chi connectivity index (χ1v) is 6.07. The molecule has 0 fully saturated rings. The molecule has 1 heterocycles. The van der Waals surface area contributed by atoms with Crippen LogP contribution in [-0.2, 0) is 14.6 Å². The van der Waals surface area contributed by atoms with Gasteiger partial charge in [0.25, 0.3) is 0 Å². The van der Waals surface area contributed by atoms with Crippen LogP contribution in [0.25, 0.3) is 4.91 Å². The third-order valence-electron chi connectivity index (χ3n) is 2.29. The number of aliphatic carboxylic acids is 1. The normalized spacial score (nSPS) is 17.5. The van der Waals surface area contributed by atoms with Gasteiger partial charge >= 0.3 is 5.97 Å². The van der Waals surface area contributed by atoms with Gasteiger partial charge in [-0.2, -0.15) is 0 Å². The maximum absolute atomic E-state index is 13.0. The molecule has 0 bridgehead atoms. The van der Waals surface area contributed by atoms with E-state index in [4.69, 9.17) is 5.11 Å². The van der Waals surface area contributed by atoms with E-state index in [-0.39, 0.29) is 10.5 Å². The zero-order chi connectivity index (χ0) is 12.6. The first kappa shape index (κ1) is 11.5. The van der Waals surface area contributed by atoms with E-state index in [9.17, 15) is 17.6 Å². The molecule has 4 nitrogen and oxygen atoms in total. The number of rotatable bonds is 2. The standard InChI is InChI=1S/C11H7FO4S/c12-8-3-1-2-7(6-8)9-4-5-10(11(13)14)17(9,15)16/h1-6H,(H,13,14). The fourth-order valence-electron chi connectivity index (χ4n) is 1.53. The molecule has 0 aliphatic carbocycles. The van der Waals surface area contributed by atoms with Crippen LogP contribution in [0.15, 0.2) is 41.3 Å². The minimum Gasteiger partial charge on any atom is -0.477 e. The molecule has 6 heteroatoms. The number of benzene rings is 1. The molecule has 17 heavy (non-hydrogen) atoms. The zero-order valence-electron chi connectivity index (χ0n) is 8.42. The Kier molecular flexibility index (Phi) is 2.59. The van der Waals surface area contributed by atoms with Crippen LogP contribution in [0.3, 0.4) is 0 Å². The average molecular weight is 254 g/mol. The van der Waals surface area contributed by atoms with Crippen molar-refractivity contribution in [3.63, 3.8) is 0 Å². The number of hydrogen-bond donors (Lipinski definition) is 1. The molecule has 1 aromatic rings. The van der Waals surface area contributed by atoms with Crippen LogP contribution >= 0.6 is 0 Å². The van der Waals surface area contributed by atoms with Crippen LogP contribution in [0.4, 0.5) is 4.39 Å². The number of allylic oxidation sites excluding steroid dienone is 2. The van der Waals surface area contributed by atoms with Gasteiger partial charge in [-0.05, 0) is 29.8 Å². The first-order valence-electron chi connectivity index (χ1n) is 4.59. The molecule has 1 aromatic carbocycles. The van der Waals surface area contributed by atoms with E-state index in [1.807, 2.05) is 0 Å². The summed E-state index contributed by atoms with van der Waals surface area (Å²) in [6.07, 6.45) is 2.16. The highest BCUT2D eigenvalue weighted by Gasteiger charge is 2.33. The van der Waals surface area contributed by atoms with Gasteiger partial charge in [0.1, 0.15) is 5.82 Å². The molecule has 0 spiro atoms. The van der Waals surface area contributed by atoms with Crippen molar-refractivity contribution in [3.8, 4) is 0 Å². The highest BCUT2D eigenvalue weighted by molar-refractivity contribution is 8.05. The lowest BCUT2D eigenvalue weighted by Gasteiger charge is -2.04. The van der Waals surface area contributed by atoms with Crippen LogP contribution in [0.2, 0.25) is 0 Å². The zero-order valence-corrected chi connectivity index (χ0v) is 9.24. The Labute approximate surface area is 96.6 Å². The molecule has 0 unspecified atom stereocenters. The van der Waals surface area contributed by atoms with Gasteiger partial charge in [-0.1, -0.05) is 12.1 Å². The van der Waals surface area contributed by atoms with Gasteiger partial charge in [0.05, 0.1) is 4.91 Å². The third-order valence-corrected chi connectivity index (χ3v) is 4.13. The molecule has 0 amide bonds. The molecule has 0 saturated heterocycles. The van der Waals surface area contributed by atoms with Gasteiger partial charge in [0.2, 0.25) is 9.84 Å². The lowest BCUT2D eigenvalue weighted by Crippen LogP contribution is -2.11. The maximum Gasteiger partial charge on any atom is 0.347 e. The highest BCUT2D eigenvalue weighted by Crippen LogP contribution is 2.32. The van der Waals surface area contributed by atoms with Crippen molar-refractivity contribution in [1.82, 2.24) is 0 Å². The molecular formula is C11H7FO4S. The second kappa shape index (κ2) is 3.81. The summed E-state index contributed by atoms with van der Waals surface area (Å²) in [5.74, 6) is -2.10. The van der Waals surface area contributed by atoms with Crippen molar-refractivity contribution in [2.75, 3.05) is 0 Å². The number of carboxylic acid groups (broad SMARTS) is 1. The number of carbonyl (C=O) groups is 1. The molecule has 1 aliphatic heterocycles. The molecule has 0 saturated carbocycles. The van der Waals surface area contributed by atoms with Crippen molar-refractivity contribution in [2.24, 2.45) is 0 Å². The smallest absolute Gasteiger partial charge is 0.347 e. The maximum atomic E-state index is 13.0. The number of carboxylic acids is 1. The minimum atomic E-state index is -4.04. The lowest BCUT2D eigenvalue weighted by atomic mass is 10.2. The summed E-state index contributed by atoms with van der Waals surface area (Å²) in [5, 5.41) is 8.71. The topological polar surface area (TPSA) is 71.4 Å². The van der Waals surface area contributed by atoms with Crippen molar-refractivity contribution in [2.45, 2.75) is 0 Å². The monoisotopic (exact) mass is 254 g/mol. The van der Waals surface area contributed by atoms with Crippen LogP contribution in [0.1, 0.15) is 5.56 Å². The van der Waals surface area contributed by atoms with Gasteiger partial charge in [0.15, 0.2) is 4.91 Å². The Balaban J connectivity index is 2.50. The Hall–Kier alpha value is -1.95. The SMILES string of the molecule is O=C(O)C1=CC=C(c2cccc(F)c2)S1(=O)=O. The van der Waals surface area contributed by atoms with Crippen LogP contribution in [0.5, 0.6) is 0 Å². The molecule has 88 valence electrons. The Morgan fingerprint density at radius 2 is 1.94 bits per heavy atom. The Morgan fingerprint density at radius 3 is 2.47 bits per heavy atom. The van der Waals surface area contributed by atoms with Crippen molar-refractivity contribution >= 4 is 20.7 Å². The second-order valence-electron chi connectivity index (χ2n) is 3.38. The minimum absolute atomic E-state index is 0.137. The Morgan fingerprint density at radius 1 is 1.24 bits per heavy atom. The largest absolute Gasteiger partial charge is 0.477 e. The number of halogens is 1. The molecule has 1 aliphatic rings. The molecule has 0 radical (unpaired) electrons. The van der Waals surface area contributed by atoms with E-state index in [0.29, 0.717) is 0 Å². The van der Waals surface area contributed by atoms with Gasteiger partial charge in [-0.15, -0.1) is 0 Å². The highest BCUT2D eigenvalue weighted by atomic mass is 32.2. The van der Waals surface area contributed by atoms with Crippen molar-refractivity contribution in [1.29, 1.82) is 0 Å². The number of sulfone groups is 1. The van der Waals surface area contributed by atoms with E-state index in [1.165, 1.54) is 18.2 Å². The van der Waals surface area contributed by atoms with E-state index in [2.05, 4.69) is 0 Å². The van der Waals surface area contributed by atoms with E-state index in [1.54, 1.807) is 0 Å². The summed E-state index contributed by atoms with van der Waals surface area (Å²) in [6, 6.07) is 4.99. The third kappa shape index (κ3) is 1.87. The molecule has 0 aromatic heterocycles. The molecular weight excluding hydrogens is 247 g/mol. The average Bonchev–Trinajstić information content (AvgIpc) is 2.53. The molecule has 1 N–H and O–H groups in total. The van der Waals surface area contributed by atoms with Gasteiger partial charge < -0.3 is 5.11 Å². The van der Waals surface area contributed by atoms with Gasteiger partial charge in [-0.25, -0.2) is 17.6 Å². The van der Waals surface area contributed by atoms with Gasteiger partial charge in [0, 0.05) is 0 Å². The van der Waals surface area contributed by atoms with Crippen LogP contribution < -0.4 is 0 Å². The number of hydrogen-bond acceptors (Lipinski definition) is 3. The van der Waals surface area contributed by atoms with Crippen molar-refractivity contribution in [3.05, 3.63) is 52.7 Å². The van der Waals surface area contributed by atoms with Crippen molar-refractivity contribution < 1.29 is 22.7 Å². The summed E-state index contributed by atoms with van der Waals surface area (Å²) < 4.78 is 36.6. The fraction of sp³-hybridized carbons (Fsp3) is 0. The lowest BCUT2D eigenvalue weighted by molar-refractivity contribution is -0.131. The quantitative estimate of drug-likeness (QED) is 0.869. The van der Waals surface area contributed by atoms with E-state index in [0.717, 1.165) is 18.2 Å². The predicted octanol–water partition coefficient (Wildman–Crippen LogP) is 1.56. The fourth-order valence-corrected chi connectivity index (χ4v) is 2.93.